The maximum Gasteiger partial charge on any atom is 0.165 e. The smallest absolute Gasteiger partial charge is 0.165 e. The summed E-state index contributed by atoms with van der Waals surface area (Å²) in [6, 6.07) is 7.74. The summed E-state index contributed by atoms with van der Waals surface area (Å²) >= 11 is 6.78. The molecule has 7 heteroatoms. The lowest BCUT2D eigenvalue weighted by Crippen LogP contribution is -2.18. The zero-order valence-corrected chi connectivity index (χ0v) is 15.4. The van der Waals surface area contributed by atoms with Crippen molar-refractivity contribution in [2.75, 3.05) is 5.75 Å². The molecule has 0 aliphatic rings. The van der Waals surface area contributed by atoms with Crippen LogP contribution >= 0.6 is 24.0 Å². The molecule has 3 aromatic rings. The summed E-state index contributed by atoms with van der Waals surface area (Å²) in [5.41, 5.74) is 3.44. The van der Waals surface area contributed by atoms with E-state index < -0.39 is 0 Å². The molecule has 0 spiro atoms. The highest BCUT2D eigenvalue weighted by atomic mass is 32.2. The number of rotatable bonds is 6. The molecule has 3 aromatic heterocycles. The molecule has 25 heavy (non-hydrogen) atoms. The number of nitrogens with zero attached hydrogens (tertiary/aromatic N) is 2. The van der Waals surface area contributed by atoms with E-state index in [-0.39, 0.29) is 5.78 Å². The molecule has 0 aromatic carbocycles. The van der Waals surface area contributed by atoms with E-state index >= 15 is 0 Å². The van der Waals surface area contributed by atoms with Gasteiger partial charge in [0.15, 0.2) is 5.78 Å². The molecular formula is C18H18N4OS2. The minimum absolute atomic E-state index is 0.0967. The zero-order valence-electron chi connectivity index (χ0n) is 13.8. The second kappa shape index (κ2) is 8.22. The van der Waals surface area contributed by atoms with Gasteiger partial charge in [0.25, 0.3) is 0 Å². The number of carbonyl (C=O) groups is 1. The van der Waals surface area contributed by atoms with Gasteiger partial charge in [0.05, 0.1) is 0 Å². The Balaban J connectivity index is 1.48. The SMILES string of the molecule is Cc1ccc2c(C(=O)CCSC(=S)NCc3cccnc3)c[nH]c2n1. The Labute approximate surface area is 155 Å². The second-order valence-electron chi connectivity index (χ2n) is 5.58. The zero-order chi connectivity index (χ0) is 17.6. The fraction of sp³-hybridized carbons (Fsp3) is 0.222. The maximum absolute atomic E-state index is 12.4. The minimum atomic E-state index is 0.0967. The lowest BCUT2D eigenvalue weighted by Gasteiger charge is -2.07. The number of thioether (sulfide) groups is 1. The first-order valence-electron chi connectivity index (χ1n) is 7.91. The van der Waals surface area contributed by atoms with Crippen LogP contribution in [0.1, 0.15) is 28.0 Å². The molecule has 128 valence electrons. The fourth-order valence-electron chi connectivity index (χ4n) is 2.43. The minimum Gasteiger partial charge on any atom is -0.367 e. The van der Waals surface area contributed by atoms with Gasteiger partial charge in [0.2, 0.25) is 0 Å². The summed E-state index contributed by atoms with van der Waals surface area (Å²) in [5, 5.41) is 4.04. The number of aromatic amines is 1. The first-order chi connectivity index (χ1) is 12.1. The van der Waals surface area contributed by atoms with Gasteiger partial charge in [-0.15, -0.1) is 0 Å². The van der Waals surface area contributed by atoms with Crippen LogP contribution in [0.25, 0.3) is 11.0 Å². The molecule has 3 rings (SSSR count). The van der Waals surface area contributed by atoms with Gasteiger partial charge in [-0.1, -0.05) is 30.0 Å². The number of aromatic nitrogens is 3. The molecule has 2 N–H and O–H groups in total. The third kappa shape index (κ3) is 4.64. The van der Waals surface area contributed by atoms with E-state index in [1.165, 1.54) is 11.8 Å². The first-order valence-corrected chi connectivity index (χ1v) is 9.30. The van der Waals surface area contributed by atoms with E-state index in [2.05, 4.69) is 20.3 Å². The molecule has 0 aliphatic carbocycles. The Kier molecular flexibility index (Phi) is 5.78. The average molecular weight is 371 g/mol. The molecule has 0 saturated carbocycles. The predicted molar refractivity (Wildman–Crippen MR) is 106 cm³/mol. The number of Topliss-reactive ketones (excluding diaryl/α,β-unsaturated/α-hetero) is 1. The number of nitrogens with one attached hydrogen (secondary N) is 2. The van der Waals surface area contributed by atoms with Gasteiger partial charge in [0.1, 0.15) is 9.97 Å². The summed E-state index contributed by atoms with van der Waals surface area (Å²) in [6.07, 6.45) is 5.71. The number of hydrogen-bond donors (Lipinski definition) is 2. The molecule has 0 radical (unpaired) electrons. The van der Waals surface area contributed by atoms with Crippen LogP contribution in [0.3, 0.4) is 0 Å². The molecule has 0 bridgehead atoms. The van der Waals surface area contributed by atoms with Crippen molar-refractivity contribution in [3.8, 4) is 0 Å². The van der Waals surface area contributed by atoms with Crippen LogP contribution < -0.4 is 5.32 Å². The van der Waals surface area contributed by atoms with Crippen molar-refractivity contribution in [2.24, 2.45) is 0 Å². The van der Waals surface area contributed by atoms with Gasteiger partial charge in [-0.2, -0.15) is 0 Å². The third-order valence-corrected chi connectivity index (χ3v) is 5.01. The van der Waals surface area contributed by atoms with E-state index in [0.717, 1.165) is 22.3 Å². The average Bonchev–Trinajstić information content (AvgIpc) is 3.04. The Morgan fingerprint density at radius 2 is 2.24 bits per heavy atom. The Bertz CT molecular complexity index is 892. The third-order valence-electron chi connectivity index (χ3n) is 3.70. The van der Waals surface area contributed by atoms with Gasteiger partial charge in [-0.25, -0.2) is 4.98 Å². The standard InChI is InChI=1S/C18H18N4OS2/c1-12-4-5-14-15(11-20-17(14)22-12)16(23)6-8-25-18(24)21-10-13-3-2-7-19-9-13/h2-5,7,9,11H,6,8,10H2,1H3,(H,20,22)(H,21,24). The van der Waals surface area contributed by atoms with E-state index in [1.54, 1.807) is 18.6 Å². The number of pyridine rings is 2. The molecule has 0 aliphatic heterocycles. The molecule has 3 heterocycles. The number of fused-ring (bicyclic) bond motifs is 1. The van der Waals surface area contributed by atoms with Gasteiger partial charge in [-0.3, -0.25) is 9.78 Å². The second-order valence-corrected chi connectivity index (χ2v) is 7.35. The van der Waals surface area contributed by atoms with Crippen LogP contribution in [0.15, 0.2) is 42.9 Å². The van der Waals surface area contributed by atoms with Crippen LogP contribution in [-0.4, -0.2) is 30.8 Å². The van der Waals surface area contributed by atoms with Crippen molar-refractivity contribution in [3.63, 3.8) is 0 Å². The van der Waals surface area contributed by atoms with Gasteiger partial charge < -0.3 is 10.3 Å². The van der Waals surface area contributed by atoms with Crippen molar-refractivity contribution in [3.05, 3.63) is 59.7 Å². The quantitative estimate of drug-likeness (QED) is 0.510. The highest BCUT2D eigenvalue weighted by Gasteiger charge is 2.13. The molecule has 0 saturated heterocycles. The number of hydrogen-bond acceptors (Lipinski definition) is 5. The summed E-state index contributed by atoms with van der Waals surface area (Å²) in [6.45, 7) is 2.57. The Morgan fingerprint density at radius 1 is 1.36 bits per heavy atom. The van der Waals surface area contributed by atoms with E-state index in [1.807, 2.05) is 31.2 Å². The summed E-state index contributed by atoms with van der Waals surface area (Å²) in [5.74, 6) is 0.739. The molecule has 5 nitrogen and oxygen atoms in total. The number of H-pyrrole nitrogens is 1. The van der Waals surface area contributed by atoms with Crippen molar-refractivity contribution in [1.82, 2.24) is 20.3 Å². The predicted octanol–water partition coefficient (Wildman–Crippen LogP) is 3.65. The van der Waals surface area contributed by atoms with Gasteiger partial charge >= 0.3 is 0 Å². The first kappa shape index (κ1) is 17.6. The Hall–Kier alpha value is -2.25. The van der Waals surface area contributed by atoms with E-state index in [0.29, 0.717) is 28.6 Å². The summed E-state index contributed by atoms with van der Waals surface area (Å²) in [7, 11) is 0. The summed E-state index contributed by atoms with van der Waals surface area (Å²) in [4.78, 5) is 24.0. The molecule has 0 unspecified atom stereocenters. The highest BCUT2D eigenvalue weighted by molar-refractivity contribution is 8.22. The van der Waals surface area contributed by atoms with Gasteiger partial charge in [-0.05, 0) is 30.7 Å². The lowest BCUT2D eigenvalue weighted by molar-refractivity contribution is 0.0991. The monoisotopic (exact) mass is 370 g/mol. The maximum atomic E-state index is 12.4. The number of ketones is 1. The van der Waals surface area contributed by atoms with Gasteiger partial charge in [0, 0.05) is 54.0 Å². The largest absolute Gasteiger partial charge is 0.367 e. The fourth-order valence-corrected chi connectivity index (χ4v) is 3.40. The Morgan fingerprint density at radius 3 is 3.04 bits per heavy atom. The van der Waals surface area contributed by atoms with E-state index in [9.17, 15) is 4.79 Å². The topological polar surface area (TPSA) is 70.7 Å². The van der Waals surface area contributed by atoms with Crippen LogP contribution in [-0.2, 0) is 6.54 Å². The van der Waals surface area contributed by atoms with Crippen molar-refractivity contribution < 1.29 is 4.79 Å². The number of carbonyl (C=O) groups excluding carboxylic acids is 1. The molecule has 0 amide bonds. The summed E-state index contributed by atoms with van der Waals surface area (Å²) < 4.78 is 0.688. The van der Waals surface area contributed by atoms with E-state index in [4.69, 9.17) is 12.2 Å². The van der Waals surface area contributed by atoms with Crippen molar-refractivity contribution in [2.45, 2.75) is 19.9 Å². The van der Waals surface area contributed by atoms with Crippen LogP contribution in [0.4, 0.5) is 0 Å². The van der Waals surface area contributed by atoms with Crippen LogP contribution in [0.2, 0.25) is 0 Å². The molecule has 0 fully saturated rings. The lowest BCUT2D eigenvalue weighted by atomic mass is 10.1. The molecular weight excluding hydrogens is 352 g/mol. The van der Waals surface area contributed by atoms with Crippen molar-refractivity contribution >= 4 is 45.1 Å². The van der Waals surface area contributed by atoms with Crippen molar-refractivity contribution in [1.29, 1.82) is 0 Å². The molecule has 0 atom stereocenters. The number of aryl methyl sites for hydroxylation is 1. The van der Waals surface area contributed by atoms with Crippen LogP contribution in [0.5, 0.6) is 0 Å². The highest BCUT2D eigenvalue weighted by Crippen LogP contribution is 2.19. The van der Waals surface area contributed by atoms with Crippen LogP contribution in [0, 0.1) is 6.92 Å². The normalized spacial score (nSPS) is 10.8. The number of thiocarbonyl (C=S) groups is 1.